The normalized spacial score (nSPS) is 35.2. The smallest absolute Gasteiger partial charge is 0.198 e. The van der Waals surface area contributed by atoms with Gasteiger partial charge >= 0.3 is 0 Å². The second kappa shape index (κ2) is 3.16. The van der Waals surface area contributed by atoms with Crippen molar-refractivity contribution in [3.8, 4) is 0 Å². The highest BCUT2D eigenvalue weighted by Gasteiger charge is 2.57. The third-order valence-electron chi connectivity index (χ3n) is 4.02. The second-order valence-corrected chi connectivity index (χ2v) is 5.27. The van der Waals surface area contributed by atoms with Crippen molar-refractivity contribution in [2.45, 2.75) is 24.9 Å². The SMILES string of the molecule is FC1C2CC(c3nnc4c(Cl)nccn34)CC12. The predicted octanol–water partition coefficient (Wildman–Crippen LogP) is 2.24. The molecular weight excluding hydrogens is 243 g/mol. The van der Waals surface area contributed by atoms with Gasteiger partial charge in [-0.15, -0.1) is 10.2 Å². The summed E-state index contributed by atoms with van der Waals surface area (Å²) >= 11 is 5.94. The Morgan fingerprint density at radius 1 is 1.29 bits per heavy atom. The summed E-state index contributed by atoms with van der Waals surface area (Å²) in [6, 6.07) is 0. The molecular formula is C11H10ClFN4. The van der Waals surface area contributed by atoms with E-state index in [4.69, 9.17) is 11.6 Å². The molecule has 0 aliphatic heterocycles. The van der Waals surface area contributed by atoms with Crippen LogP contribution in [-0.4, -0.2) is 25.8 Å². The average Bonchev–Trinajstić information content (AvgIpc) is 2.78. The Labute approximate surface area is 102 Å². The van der Waals surface area contributed by atoms with E-state index in [1.165, 1.54) is 0 Å². The summed E-state index contributed by atoms with van der Waals surface area (Å²) in [5.41, 5.74) is 0.585. The third-order valence-corrected chi connectivity index (χ3v) is 4.28. The fourth-order valence-corrected chi connectivity index (χ4v) is 3.25. The molecule has 0 saturated heterocycles. The number of aromatic nitrogens is 4. The Bertz CT molecular complexity index is 586. The lowest BCUT2D eigenvalue weighted by atomic mass is 10.0. The van der Waals surface area contributed by atoms with Crippen LogP contribution < -0.4 is 0 Å². The van der Waals surface area contributed by atoms with Crippen LogP contribution in [0.1, 0.15) is 24.6 Å². The van der Waals surface area contributed by atoms with Crippen LogP contribution in [0.5, 0.6) is 0 Å². The molecule has 4 rings (SSSR count). The van der Waals surface area contributed by atoms with Gasteiger partial charge in [0.15, 0.2) is 10.8 Å². The molecule has 2 aliphatic rings. The van der Waals surface area contributed by atoms with Crippen LogP contribution in [0.25, 0.3) is 5.65 Å². The molecule has 17 heavy (non-hydrogen) atoms. The zero-order valence-corrected chi connectivity index (χ0v) is 9.68. The van der Waals surface area contributed by atoms with Crippen molar-refractivity contribution in [2.75, 3.05) is 0 Å². The van der Waals surface area contributed by atoms with Crippen molar-refractivity contribution >= 4 is 17.2 Å². The summed E-state index contributed by atoms with van der Waals surface area (Å²) in [5, 5.41) is 8.59. The fourth-order valence-electron chi connectivity index (χ4n) is 3.06. The van der Waals surface area contributed by atoms with Gasteiger partial charge in [-0.3, -0.25) is 4.40 Å². The standard InChI is InChI=1S/C11H10ClFN4/c12-9-11-16-15-10(17(11)2-1-14-9)5-3-6-7(4-5)8(6)13/h1-2,5-8H,3-4H2. The minimum atomic E-state index is -0.573. The van der Waals surface area contributed by atoms with E-state index in [1.54, 1.807) is 6.20 Å². The maximum atomic E-state index is 13.1. The van der Waals surface area contributed by atoms with Crippen molar-refractivity contribution in [1.29, 1.82) is 0 Å². The van der Waals surface area contributed by atoms with Crippen LogP contribution in [0.4, 0.5) is 4.39 Å². The summed E-state index contributed by atoms with van der Waals surface area (Å²) < 4.78 is 15.0. The maximum Gasteiger partial charge on any atom is 0.198 e. The number of alkyl halides is 1. The van der Waals surface area contributed by atoms with E-state index < -0.39 is 6.17 Å². The molecule has 2 aliphatic carbocycles. The minimum Gasteiger partial charge on any atom is -0.282 e. The maximum absolute atomic E-state index is 13.1. The van der Waals surface area contributed by atoms with Gasteiger partial charge in [-0.1, -0.05) is 11.6 Å². The molecule has 2 aromatic rings. The number of nitrogens with zero attached hydrogens (tertiary/aromatic N) is 4. The van der Waals surface area contributed by atoms with Crippen LogP contribution in [0.15, 0.2) is 12.4 Å². The summed E-state index contributed by atoms with van der Waals surface area (Å²) in [6.45, 7) is 0. The third kappa shape index (κ3) is 1.26. The van der Waals surface area contributed by atoms with Gasteiger partial charge < -0.3 is 0 Å². The van der Waals surface area contributed by atoms with Gasteiger partial charge in [-0.25, -0.2) is 9.37 Å². The van der Waals surface area contributed by atoms with E-state index in [2.05, 4.69) is 15.2 Å². The Morgan fingerprint density at radius 3 is 2.82 bits per heavy atom. The summed E-state index contributed by atoms with van der Waals surface area (Å²) in [5.74, 6) is 1.71. The number of hydrogen-bond acceptors (Lipinski definition) is 3. The van der Waals surface area contributed by atoms with E-state index in [-0.39, 0.29) is 11.8 Å². The Kier molecular flexibility index (Phi) is 1.82. The fraction of sp³-hybridized carbons (Fsp3) is 0.545. The Morgan fingerprint density at radius 2 is 2.06 bits per heavy atom. The van der Waals surface area contributed by atoms with Crippen molar-refractivity contribution in [1.82, 2.24) is 19.6 Å². The van der Waals surface area contributed by atoms with Crippen LogP contribution in [0, 0.1) is 11.8 Å². The molecule has 2 saturated carbocycles. The van der Waals surface area contributed by atoms with Crippen molar-refractivity contribution < 1.29 is 4.39 Å². The molecule has 2 atom stereocenters. The van der Waals surface area contributed by atoms with E-state index in [0.717, 1.165) is 18.7 Å². The van der Waals surface area contributed by atoms with E-state index in [1.807, 2.05) is 10.6 Å². The molecule has 2 unspecified atom stereocenters. The molecule has 88 valence electrons. The first-order valence-electron chi connectivity index (χ1n) is 5.75. The first-order chi connectivity index (χ1) is 8.25. The van der Waals surface area contributed by atoms with Crippen LogP contribution in [0.2, 0.25) is 5.15 Å². The van der Waals surface area contributed by atoms with Crippen molar-refractivity contribution in [3.05, 3.63) is 23.4 Å². The lowest BCUT2D eigenvalue weighted by molar-refractivity contribution is 0.380. The first-order valence-corrected chi connectivity index (χ1v) is 6.12. The Balaban J connectivity index is 1.75. The summed E-state index contributed by atoms with van der Waals surface area (Å²) in [6.07, 6.45) is 4.64. The van der Waals surface area contributed by atoms with E-state index in [0.29, 0.717) is 16.7 Å². The quantitative estimate of drug-likeness (QED) is 0.782. The largest absolute Gasteiger partial charge is 0.282 e. The van der Waals surface area contributed by atoms with Gasteiger partial charge in [0.25, 0.3) is 0 Å². The molecule has 0 bridgehead atoms. The molecule has 0 spiro atoms. The molecule has 6 heteroatoms. The molecule has 0 aromatic carbocycles. The number of rotatable bonds is 1. The summed E-state index contributed by atoms with van der Waals surface area (Å²) in [4.78, 5) is 3.97. The first kappa shape index (κ1) is 9.76. The van der Waals surface area contributed by atoms with Gasteiger partial charge in [-0.2, -0.15) is 0 Å². The summed E-state index contributed by atoms with van der Waals surface area (Å²) in [7, 11) is 0. The minimum absolute atomic E-state index is 0.254. The highest BCUT2D eigenvalue weighted by Crippen LogP contribution is 2.58. The van der Waals surface area contributed by atoms with Crippen LogP contribution in [-0.2, 0) is 0 Å². The Hall–Kier alpha value is -1.23. The lowest BCUT2D eigenvalue weighted by Gasteiger charge is -2.09. The lowest BCUT2D eigenvalue weighted by Crippen LogP contribution is -2.05. The number of hydrogen-bond donors (Lipinski definition) is 0. The molecule has 0 N–H and O–H groups in total. The van der Waals surface area contributed by atoms with Crippen LogP contribution >= 0.6 is 11.6 Å². The topological polar surface area (TPSA) is 43.1 Å². The van der Waals surface area contributed by atoms with Gasteiger partial charge in [-0.05, 0) is 24.7 Å². The number of halogens is 2. The van der Waals surface area contributed by atoms with Gasteiger partial charge in [0.1, 0.15) is 12.0 Å². The number of fused-ring (bicyclic) bond motifs is 2. The van der Waals surface area contributed by atoms with Crippen molar-refractivity contribution in [3.63, 3.8) is 0 Å². The van der Waals surface area contributed by atoms with Gasteiger partial charge in [0.05, 0.1) is 0 Å². The van der Waals surface area contributed by atoms with Crippen molar-refractivity contribution in [2.24, 2.45) is 11.8 Å². The van der Waals surface area contributed by atoms with Crippen LogP contribution in [0.3, 0.4) is 0 Å². The highest BCUT2D eigenvalue weighted by molar-refractivity contribution is 6.32. The molecule has 2 heterocycles. The van der Waals surface area contributed by atoms with Gasteiger partial charge in [0.2, 0.25) is 0 Å². The van der Waals surface area contributed by atoms with Gasteiger partial charge in [0, 0.05) is 18.3 Å². The predicted molar refractivity (Wildman–Crippen MR) is 59.6 cm³/mol. The second-order valence-electron chi connectivity index (χ2n) is 4.91. The van der Waals surface area contributed by atoms with E-state index >= 15 is 0 Å². The monoisotopic (exact) mass is 252 g/mol. The molecule has 0 radical (unpaired) electrons. The molecule has 0 amide bonds. The molecule has 2 fully saturated rings. The highest BCUT2D eigenvalue weighted by atomic mass is 35.5. The molecule has 2 aromatic heterocycles. The zero-order valence-electron chi connectivity index (χ0n) is 8.92. The average molecular weight is 253 g/mol. The van der Waals surface area contributed by atoms with E-state index in [9.17, 15) is 4.39 Å². The zero-order chi connectivity index (χ0) is 11.6. The molecule has 4 nitrogen and oxygen atoms in total.